The van der Waals surface area contributed by atoms with E-state index >= 15 is 0 Å². The molecule has 2 heterocycles. The van der Waals surface area contributed by atoms with Gasteiger partial charge in [0.25, 0.3) is 0 Å². The van der Waals surface area contributed by atoms with Crippen LogP contribution in [0.4, 0.5) is 0 Å². The van der Waals surface area contributed by atoms with Crippen LogP contribution in [-0.2, 0) is 11.3 Å². The smallest absolute Gasteiger partial charge is 0.0550 e. The summed E-state index contributed by atoms with van der Waals surface area (Å²) in [7, 11) is 1.95. The largest absolute Gasteiger partial charge is 0.381 e. The summed E-state index contributed by atoms with van der Waals surface area (Å²) in [6.07, 6.45) is 3.00. The zero-order chi connectivity index (χ0) is 9.10. The van der Waals surface area contributed by atoms with E-state index in [2.05, 4.69) is 15.5 Å². The predicted octanol–water partition coefficient (Wildman–Crippen LogP) is 0.633. The van der Waals surface area contributed by atoms with Gasteiger partial charge in [-0.05, 0) is 13.5 Å². The second-order valence-corrected chi connectivity index (χ2v) is 3.40. The third-order valence-electron chi connectivity index (χ3n) is 2.46. The van der Waals surface area contributed by atoms with Crippen molar-refractivity contribution in [1.82, 2.24) is 15.5 Å². The molecule has 1 atom stereocenters. The van der Waals surface area contributed by atoms with Crippen LogP contribution in [0.2, 0.25) is 0 Å². The second-order valence-electron chi connectivity index (χ2n) is 3.40. The van der Waals surface area contributed by atoms with E-state index in [1.807, 2.05) is 13.2 Å². The molecule has 1 saturated heterocycles. The van der Waals surface area contributed by atoms with Crippen LogP contribution in [0.1, 0.15) is 23.6 Å². The summed E-state index contributed by atoms with van der Waals surface area (Å²) in [4.78, 5) is 0. The van der Waals surface area contributed by atoms with Gasteiger partial charge < -0.3 is 10.1 Å². The molecule has 1 aromatic heterocycles. The zero-order valence-electron chi connectivity index (χ0n) is 7.84. The molecule has 13 heavy (non-hydrogen) atoms. The standard InChI is InChI=1S/C9H15N3O/c1-10-4-8-5-11-12-9(8)7-2-3-13-6-7/h5,7,10H,2-4,6H2,1H3,(H,11,12). The fourth-order valence-electron chi connectivity index (χ4n) is 1.77. The topological polar surface area (TPSA) is 49.9 Å². The first-order chi connectivity index (χ1) is 6.42. The number of H-pyrrole nitrogens is 1. The average Bonchev–Trinajstić information content (AvgIpc) is 2.71. The van der Waals surface area contributed by atoms with Gasteiger partial charge in [0.1, 0.15) is 0 Å². The number of nitrogens with one attached hydrogen (secondary N) is 2. The fraction of sp³-hybridized carbons (Fsp3) is 0.667. The van der Waals surface area contributed by atoms with Crippen LogP contribution in [-0.4, -0.2) is 30.5 Å². The Kier molecular flexibility index (Phi) is 2.61. The molecule has 1 aliphatic heterocycles. The highest BCUT2D eigenvalue weighted by Crippen LogP contribution is 2.25. The summed E-state index contributed by atoms with van der Waals surface area (Å²) in [5, 5.41) is 10.3. The van der Waals surface area contributed by atoms with E-state index in [1.165, 1.54) is 11.3 Å². The zero-order valence-corrected chi connectivity index (χ0v) is 7.84. The van der Waals surface area contributed by atoms with Crippen LogP contribution >= 0.6 is 0 Å². The van der Waals surface area contributed by atoms with Gasteiger partial charge in [-0.3, -0.25) is 5.10 Å². The van der Waals surface area contributed by atoms with Gasteiger partial charge in [-0.1, -0.05) is 0 Å². The van der Waals surface area contributed by atoms with Gasteiger partial charge in [0.05, 0.1) is 12.8 Å². The molecule has 2 N–H and O–H groups in total. The molecule has 0 aromatic carbocycles. The molecule has 2 rings (SSSR count). The van der Waals surface area contributed by atoms with Crippen LogP contribution < -0.4 is 5.32 Å². The number of hydrogen-bond donors (Lipinski definition) is 2. The monoisotopic (exact) mass is 181 g/mol. The first kappa shape index (κ1) is 8.72. The molecular formula is C9H15N3O. The minimum Gasteiger partial charge on any atom is -0.381 e. The maximum atomic E-state index is 5.35. The van der Waals surface area contributed by atoms with Crippen molar-refractivity contribution in [3.05, 3.63) is 17.5 Å². The summed E-state index contributed by atoms with van der Waals surface area (Å²) >= 11 is 0. The van der Waals surface area contributed by atoms with Crippen LogP contribution in [0.25, 0.3) is 0 Å². The van der Waals surface area contributed by atoms with Crippen LogP contribution in [0.3, 0.4) is 0 Å². The Hall–Kier alpha value is -0.870. The maximum Gasteiger partial charge on any atom is 0.0550 e. The summed E-state index contributed by atoms with van der Waals surface area (Å²) in [5.41, 5.74) is 2.50. The highest BCUT2D eigenvalue weighted by molar-refractivity contribution is 5.21. The molecule has 1 fully saturated rings. The molecule has 0 radical (unpaired) electrons. The molecule has 0 amide bonds. The van der Waals surface area contributed by atoms with Gasteiger partial charge >= 0.3 is 0 Å². The minimum absolute atomic E-state index is 0.519. The Balaban J connectivity index is 2.13. The molecule has 0 saturated carbocycles. The summed E-state index contributed by atoms with van der Waals surface area (Å²) < 4.78 is 5.35. The van der Waals surface area contributed by atoms with E-state index < -0.39 is 0 Å². The quantitative estimate of drug-likeness (QED) is 0.719. The fourth-order valence-corrected chi connectivity index (χ4v) is 1.77. The lowest BCUT2D eigenvalue weighted by molar-refractivity contribution is 0.193. The highest BCUT2D eigenvalue weighted by atomic mass is 16.5. The first-order valence-electron chi connectivity index (χ1n) is 4.66. The van der Waals surface area contributed by atoms with Crippen molar-refractivity contribution in [1.29, 1.82) is 0 Å². The van der Waals surface area contributed by atoms with Crippen LogP contribution in [0, 0.1) is 0 Å². The number of rotatable bonds is 3. The van der Waals surface area contributed by atoms with E-state index in [-0.39, 0.29) is 0 Å². The molecule has 1 aliphatic rings. The molecule has 0 spiro atoms. The Morgan fingerprint density at radius 1 is 1.77 bits per heavy atom. The van der Waals surface area contributed by atoms with Gasteiger partial charge in [-0.2, -0.15) is 5.10 Å². The number of aromatic nitrogens is 2. The average molecular weight is 181 g/mol. The SMILES string of the molecule is CNCc1cn[nH]c1C1CCOC1. The van der Waals surface area contributed by atoms with Crippen molar-refractivity contribution in [2.24, 2.45) is 0 Å². The molecular weight excluding hydrogens is 166 g/mol. The molecule has 1 unspecified atom stereocenters. The summed E-state index contributed by atoms with van der Waals surface area (Å²) in [6.45, 7) is 2.59. The Morgan fingerprint density at radius 3 is 3.38 bits per heavy atom. The van der Waals surface area contributed by atoms with Gasteiger partial charge in [0.2, 0.25) is 0 Å². The van der Waals surface area contributed by atoms with E-state index in [4.69, 9.17) is 4.74 Å². The van der Waals surface area contributed by atoms with Gasteiger partial charge in [-0.25, -0.2) is 0 Å². The van der Waals surface area contributed by atoms with Crippen molar-refractivity contribution in [3.8, 4) is 0 Å². The van der Waals surface area contributed by atoms with Crippen molar-refractivity contribution in [3.63, 3.8) is 0 Å². The third-order valence-corrected chi connectivity index (χ3v) is 2.46. The van der Waals surface area contributed by atoms with Crippen LogP contribution in [0.5, 0.6) is 0 Å². The molecule has 0 aliphatic carbocycles. The molecule has 4 nitrogen and oxygen atoms in total. The van der Waals surface area contributed by atoms with E-state index in [9.17, 15) is 0 Å². The minimum atomic E-state index is 0.519. The first-order valence-corrected chi connectivity index (χ1v) is 4.66. The van der Waals surface area contributed by atoms with Gasteiger partial charge in [0.15, 0.2) is 0 Å². The number of aromatic amines is 1. The number of hydrogen-bond acceptors (Lipinski definition) is 3. The molecule has 1 aromatic rings. The Morgan fingerprint density at radius 2 is 2.69 bits per heavy atom. The van der Waals surface area contributed by atoms with Gasteiger partial charge in [0, 0.05) is 30.3 Å². The maximum absolute atomic E-state index is 5.35. The lowest BCUT2D eigenvalue weighted by Gasteiger charge is -2.07. The lowest BCUT2D eigenvalue weighted by atomic mass is 10.0. The molecule has 0 bridgehead atoms. The number of ether oxygens (including phenoxy) is 1. The van der Waals surface area contributed by atoms with E-state index in [1.54, 1.807) is 0 Å². The summed E-state index contributed by atoms with van der Waals surface area (Å²) in [6, 6.07) is 0. The van der Waals surface area contributed by atoms with Crippen molar-refractivity contribution in [2.75, 3.05) is 20.3 Å². The molecule has 72 valence electrons. The van der Waals surface area contributed by atoms with Crippen molar-refractivity contribution < 1.29 is 4.74 Å². The van der Waals surface area contributed by atoms with Crippen molar-refractivity contribution in [2.45, 2.75) is 18.9 Å². The molecule has 4 heteroatoms. The van der Waals surface area contributed by atoms with Crippen molar-refractivity contribution >= 4 is 0 Å². The van der Waals surface area contributed by atoms with Gasteiger partial charge in [-0.15, -0.1) is 0 Å². The second kappa shape index (κ2) is 3.89. The Bertz CT molecular complexity index is 266. The lowest BCUT2D eigenvalue weighted by Crippen LogP contribution is -2.09. The number of nitrogens with zero attached hydrogens (tertiary/aromatic N) is 1. The van der Waals surface area contributed by atoms with E-state index in [0.29, 0.717) is 5.92 Å². The van der Waals surface area contributed by atoms with E-state index in [0.717, 1.165) is 26.2 Å². The predicted molar refractivity (Wildman–Crippen MR) is 49.5 cm³/mol. The Labute approximate surface area is 77.7 Å². The third kappa shape index (κ3) is 1.73. The van der Waals surface area contributed by atoms with Crippen LogP contribution in [0.15, 0.2) is 6.20 Å². The summed E-state index contributed by atoms with van der Waals surface area (Å²) in [5.74, 6) is 0.519. The highest BCUT2D eigenvalue weighted by Gasteiger charge is 2.21. The normalized spacial score (nSPS) is 22.4.